The van der Waals surface area contributed by atoms with Gasteiger partial charge in [-0.2, -0.15) is 0 Å². The van der Waals surface area contributed by atoms with E-state index in [1.54, 1.807) is 0 Å². The van der Waals surface area contributed by atoms with Gasteiger partial charge < -0.3 is 10.2 Å². The van der Waals surface area contributed by atoms with Gasteiger partial charge in [-0.05, 0) is 39.5 Å². The molecule has 0 aromatic heterocycles. The summed E-state index contributed by atoms with van der Waals surface area (Å²) in [4.78, 5) is 2.35. The smallest absolute Gasteiger partial charge is 0.0449 e. The van der Waals surface area contributed by atoms with Crippen molar-refractivity contribution in [2.45, 2.75) is 33.7 Å². The van der Waals surface area contributed by atoms with Crippen molar-refractivity contribution in [2.75, 3.05) is 26.7 Å². The van der Waals surface area contributed by atoms with Crippen LogP contribution in [0.3, 0.4) is 0 Å². The zero-order valence-corrected chi connectivity index (χ0v) is 11.9. The normalized spacial score (nSPS) is 13.1. The first-order valence-electron chi connectivity index (χ1n) is 6.57. The van der Waals surface area contributed by atoms with Crippen molar-refractivity contribution in [1.82, 2.24) is 10.2 Å². The molecule has 0 spiro atoms. The highest BCUT2D eigenvalue weighted by Gasteiger charge is 2.12. The summed E-state index contributed by atoms with van der Waals surface area (Å²) in [5.41, 5.74) is 4.11. The predicted molar refractivity (Wildman–Crippen MR) is 75.5 cm³/mol. The maximum Gasteiger partial charge on any atom is 0.0449 e. The Labute approximate surface area is 106 Å². The fraction of sp³-hybridized carbons (Fsp3) is 0.600. The van der Waals surface area contributed by atoms with Crippen LogP contribution in [0.15, 0.2) is 18.2 Å². The van der Waals surface area contributed by atoms with Gasteiger partial charge in [0.05, 0.1) is 0 Å². The first-order valence-corrected chi connectivity index (χ1v) is 6.57. The van der Waals surface area contributed by atoms with Crippen molar-refractivity contribution in [3.05, 3.63) is 34.9 Å². The first-order chi connectivity index (χ1) is 8.06. The molecule has 0 saturated heterocycles. The number of nitrogens with zero attached hydrogens (tertiary/aromatic N) is 1. The van der Waals surface area contributed by atoms with Gasteiger partial charge in [-0.1, -0.05) is 43.2 Å². The molecule has 0 aliphatic carbocycles. The standard InChI is InChI=1S/C15H26N2/c1-6-16-15(11-17(5)7-2)14-9-12(3)8-13(4)10-14/h8-10,15-16H,6-7,11H2,1-5H3. The minimum Gasteiger partial charge on any atom is -0.309 e. The van der Waals surface area contributed by atoms with Crippen LogP contribution in [-0.2, 0) is 0 Å². The van der Waals surface area contributed by atoms with Gasteiger partial charge in [0, 0.05) is 12.6 Å². The van der Waals surface area contributed by atoms with Gasteiger partial charge in [0.15, 0.2) is 0 Å². The van der Waals surface area contributed by atoms with E-state index in [1.807, 2.05) is 0 Å². The molecule has 2 heteroatoms. The van der Waals surface area contributed by atoms with Gasteiger partial charge >= 0.3 is 0 Å². The molecule has 0 radical (unpaired) electrons. The van der Waals surface area contributed by atoms with Crippen LogP contribution in [-0.4, -0.2) is 31.6 Å². The average molecular weight is 234 g/mol. The van der Waals surface area contributed by atoms with Crippen LogP contribution >= 0.6 is 0 Å². The van der Waals surface area contributed by atoms with Crippen molar-refractivity contribution in [3.63, 3.8) is 0 Å². The second kappa shape index (κ2) is 6.77. The van der Waals surface area contributed by atoms with Crippen molar-refractivity contribution in [2.24, 2.45) is 0 Å². The molecule has 0 aliphatic rings. The van der Waals surface area contributed by atoms with Gasteiger partial charge in [0.25, 0.3) is 0 Å². The second-order valence-corrected chi connectivity index (χ2v) is 4.89. The van der Waals surface area contributed by atoms with E-state index in [2.05, 4.69) is 63.2 Å². The number of likely N-dealkylation sites (N-methyl/N-ethyl adjacent to an activating group) is 2. The van der Waals surface area contributed by atoms with Gasteiger partial charge in [-0.3, -0.25) is 0 Å². The number of nitrogens with one attached hydrogen (secondary N) is 1. The van der Waals surface area contributed by atoms with Crippen LogP contribution in [0.4, 0.5) is 0 Å². The quantitative estimate of drug-likeness (QED) is 0.814. The molecule has 1 N–H and O–H groups in total. The zero-order chi connectivity index (χ0) is 12.8. The summed E-state index contributed by atoms with van der Waals surface area (Å²) in [5.74, 6) is 0. The third-order valence-electron chi connectivity index (χ3n) is 3.13. The Balaban J connectivity index is 2.88. The molecule has 17 heavy (non-hydrogen) atoms. The predicted octanol–water partition coefficient (Wildman–Crippen LogP) is 2.91. The lowest BCUT2D eigenvalue weighted by atomic mass is 10.0. The summed E-state index contributed by atoms with van der Waals surface area (Å²) in [6.07, 6.45) is 0. The molecule has 2 nitrogen and oxygen atoms in total. The molecule has 0 aliphatic heterocycles. The Hall–Kier alpha value is -0.860. The first kappa shape index (κ1) is 14.2. The Bertz CT molecular complexity index is 327. The minimum atomic E-state index is 0.434. The monoisotopic (exact) mass is 234 g/mol. The zero-order valence-electron chi connectivity index (χ0n) is 11.9. The van der Waals surface area contributed by atoms with E-state index < -0.39 is 0 Å². The van der Waals surface area contributed by atoms with Gasteiger partial charge in [0.1, 0.15) is 0 Å². The molecule has 1 aromatic rings. The summed E-state index contributed by atoms with van der Waals surface area (Å²) in [7, 11) is 2.17. The summed E-state index contributed by atoms with van der Waals surface area (Å²) in [6.45, 7) is 11.9. The van der Waals surface area contributed by atoms with Crippen molar-refractivity contribution < 1.29 is 0 Å². The van der Waals surface area contributed by atoms with E-state index in [1.165, 1.54) is 16.7 Å². The van der Waals surface area contributed by atoms with E-state index in [9.17, 15) is 0 Å². The van der Waals surface area contributed by atoms with E-state index in [4.69, 9.17) is 0 Å². The summed E-state index contributed by atoms with van der Waals surface area (Å²) >= 11 is 0. The fourth-order valence-corrected chi connectivity index (χ4v) is 2.19. The molecule has 0 amide bonds. The van der Waals surface area contributed by atoms with E-state index >= 15 is 0 Å². The molecule has 96 valence electrons. The van der Waals surface area contributed by atoms with E-state index in [0.717, 1.165) is 19.6 Å². The second-order valence-electron chi connectivity index (χ2n) is 4.89. The van der Waals surface area contributed by atoms with Gasteiger partial charge in [-0.15, -0.1) is 0 Å². The Morgan fingerprint density at radius 1 is 1.12 bits per heavy atom. The Morgan fingerprint density at radius 2 is 1.71 bits per heavy atom. The average Bonchev–Trinajstić information content (AvgIpc) is 2.27. The molecule has 1 rings (SSSR count). The summed E-state index contributed by atoms with van der Waals surface area (Å²) in [5, 5.41) is 3.58. The van der Waals surface area contributed by atoms with Crippen molar-refractivity contribution in [1.29, 1.82) is 0 Å². The fourth-order valence-electron chi connectivity index (χ4n) is 2.19. The van der Waals surface area contributed by atoms with Crippen molar-refractivity contribution in [3.8, 4) is 0 Å². The number of benzene rings is 1. The van der Waals surface area contributed by atoms with Crippen LogP contribution in [0, 0.1) is 13.8 Å². The minimum absolute atomic E-state index is 0.434. The molecule has 1 aromatic carbocycles. The Morgan fingerprint density at radius 3 is 2.18 bits per heavy atom. The number of aryl methyl sites for hydroxylation is 2. The number of hydrogen-bond donors (Lipinski definition) is 1. The molecule has 0 fully saturated rings. The van der Waals surface area contributed by atoms with Crippen LogP contribution in [0.1, 0.15) is 36.6 Å². The largest absolute Gasteiger partial charge is 0.309 e. The highest BCUT2D eigenvalue weighted by molar-refractivity contribution is 5.30. The molecular formula is C15H26N2. The SMILES string of the molecule is CCNC(CN(C)CC)c1cc(C)cc(C)c1. The maximum absolute atomic E-state index is 3.58. The lowest BCUT2D eigenvalue weighted by Crippen LogP contribution is -2.33. The van der Waals surface area contributed by atoms with Crippen molar-refractivity contribution >= 4 is 0 Å². The lowest BCUT2D eigenvalue weighted by Gasteiger charge is -2.24. The number of rotatable bonds is 6. The summed E-state index contributed by atoms with van der Waals surface area (Å²) in [6, 6.07) is 7.26. The van der Waals surface area contributed by atoms with E-state index in [-0.39, 0.29) is 0 Å². The van der Waals surface area contributed by atoms with Crippen LogP contribution in [0.25, 0.3) is 0 Å². The van der Waals surface area contributed by atoms with Gasteiger partial charge in [-0.25, -0.2) is 0 Å². The molecule has 0 bridgehead atoms. The number of hydrogen-bond acceptors (Lipinski definition) is 2. The molecule has 1 atom stereocenters. The third kappa shape index (κ3) is 4.49. The molecular weight excluding hydrogens is 208 g/mol. The maximum atomic E-state index is 3.58. The van der Waals surface area contributed by atoms with Gasteiger partial charge in [0.2, 0.25) is 0 Å². The van der Waals surface area contributed by atoms with E-state index in [0.29, 0.717) is 6.04 Å². The molecule has 1 unspecified atom stereocenters. The topological polar surface area (TPSA) is 15.3 Å². The highest BCUT2D eigenvalue weighted by atomic mass is 15.1. The highest BCUT2D eigenvalue weighted by Crippen LogP contribution is 2.17. The van der Waals surface area contributed by atoms with Crippen LogP contribution in [0.5, 0.6) is 0 Å². The van der Waals surface area contributed by atoms with Crippen LogP contribution < -0.4 is 5.32 Å². The van der Waals surface area contributed by atoms with Crippen LogP contribution in [0.2, 0.25) is 0 Å². The summed E-state index contributed by atoms with van der Waals surface area (Å²) < 4.78 is 0. The Kier molecular flexibility index (Phi) is 5.66. The lowest BCUT2D eigenvalue weighted by molar-refractivity contribution is 0.305. The third-order valence-corrected chi connectivity index (χ3v) is 3.13. The molecule has 0 heterocycles. The molecule has 0 saturated carbocycles.